The molecule has 1 saturated carbocycles. The highest BCUT2D eigenvalue weighted by Crippen LogP contribution is 2.23. The molecule has 0 aromatic heterocycles. The van der Waals surface area contributed by atoms with Crippen molar-refractivity contribution in [2.24, 2.45) is 5.92 Å². The van der Waals surface area contributed by atoms with Gasteiger partial charge in [-0.25, -0.2) is 13.1 Å². The highest BCUT2D eigenvalue weighted by molar-refractivity contribution is 7.89. The average Bonchev–Trinajstić information content (AvgIpc) is 2.59. The fraction of sp³-hybridized carbons (Fsp3) is 1.00. The molecule has 4 nitrogen and oxygen atoms in total. The van der Waals surface area contributed by atoms with Crippen molar-refractivity contribution in [1.82, 2.24) is 10.0 Å². The van der Waals surface area contributed by atoms with Crippen molar-refractivity contribution in [2.75, 3.05) is 18.8 Å². The van der Waals surface area contributed by atoms with Crippen molar-refractivity contribution in [2.45, 2.75) is 71.3 Å². The molecule has 1 aliphatic rings. The van der Waals surface area contributed by atoms with Crippen LogP contribution in [0.25, 0.3) is 0 Å². The van der Waals surface area contributed by atoms with E-state index in [1.54, 1.807) is 0 Å². The van der Waals surface area contributed by atoms with E-state index < -0.39 is 10.0 Å². The molecular weight excluding hydrogens is 272 g/mol. The Kier molecular flexibility index (Phi) is 8.73. The highest BCUT2D eigenvalue weighted by Gasteiger charge is 2.24. The molecule has 20 heavy (non-hydrogen) atoms. The Morgan fingerprint density at radius 3 is 2.55 bits per heavy atom. The second-order valence-electron chi connectivity index (χ2n) is 6.12. The van der Waals surface area contributed by atoms with E-state index in [0.29, 0.717) is 5.92 Å². The Hall–Kier alpha value is -0.130. The second-order valence-corrected chi connectivity index (χ2v) is 7.99. The van der Waals surface area contributed by atoms with E-state index in [2.05, 4.69) is 23.9 Å². The minimum Gasteiger partial charge on any atom is -0.317 e. The minimum atomic E-state index is -3.10. The summed E-state index contributed by atoms with van der Waals surface area (Å²) in [4.78, 5) is 0. The third-order valence-corrected chi connectivity index (χ3v) is 5.62. The monoisotopic (exact) mass is 304 g/mol. The lowest BCUT2D eigenvalue weighted by Crippen LogP contribution is -2.40. The van der Waals surface area contributed by atoms with Crippen molar-refractivity contribution in [1.29, 1.82) is 0 Å². The van der Waals surface area contributed by atoms with Gasteiger partial charge in [0.25, 0.3) is 0 Å². The zero-order chi connectivity index (χ0) is 14.8. The molecule has 2 atom stereocenters. The molecule has 0 radical (unpaired) electrons. The predicted octanol–water partition coefficient (Wildman–Crippen LogP) is 2.65. The summed E-state index contributed by atoms with van der Waals surface area (Å²) in [6, 6.07) is 0.153. The first-order valence-electron chi connectivity index (χ1n) is 8.26. The topological polar surface area (TPSA) is 58.2 Å². The first kappa shape index (κ1) is 17.9. The fourth-order valence-electron chi connectivity index (χ4n) is 2.80. The summed E-state index contributed by atoms with van der Waals surface area (Å²) in [6.45, 7) is 6.25. The molecule has 0 aromatic carbocycles. The van der Waals surface area contributed by atoms with Crippen LogP contribution in [0.5, 0.6) is 0 Å². The van der Waals surface area contributed by atoms with Gasteiger partial charge in [-0.15, -0.1) is 0 Å². The van der Waals surface area contributed by atoms with Crippen LogP contribution in [-0.2, 0) is 10.0 Å². The Labute approximate surface area is 125 Å². The second kappa shape index (κ2) is 9.74. The van der Waals surface area contributed by atoms with E-state index in [1.165, 1.54) is 12.8 Å². The SMILES string of the molecule is CCCNCCCCS(=O)(=O)NC1CCCCCC1C. The molecule has 0 saturated heterocycles. The van der Waals surface area contributed by atoms with Gasteiger partial charge in [-0.2, -0.15) is 0 Å². The summed E-state index contributed by atoms with van der Waals surface area (Å²) >= 11 is 0. The number of rotatable bonds is 9. The molecule has 120 valence electrons. The lowest BCUT2D eigenvalue weighted by molar-refractivity contribution is 0.399. The van der Waals surface area contributed by atoms with Gasteiger partial charge in [0.05, 0.1) is 5.75 Å². The van der Waals surface area contributed by atoms with Crippen LogP contribution < -0.4 is 10.0 Å². The van der Waals surface area contributed by atoms with Crippen molar-refractivity contribution >= 4 is 10.0 Å². The van der Waals surface area contributed by atoms with Gasteiger partial charge in [0.1, 0.15) is 0 Å². The van der Waals surface area contributed by atoms with Crippen molar-refractivity contribution < 1.29 is 8.42 Å². The van der Waals surface area contributed by atoms with E-state index in [9.17, 15) is 8.42 Å². The normalized spacial score (nSPS) is 24.5. The number of sulfonamides is 1. The van der Waals surface area contributed by atoms with E-state index in [0.717, 1.165) is 51.6 Å². The molecule has 0 heterocycles. The van der Waals surface area contributed by atoms with Gasteiger partial charge in [0, 0.05) is 6.04 Å². The van der Waals surface area contributed by atoms with Gasteiger partial charge in [0.2, 0.25) is 10.0 Å². The zero-order valence-electron chi connectivity index (χ0n) is 13.2. The van der Waals surface area contributed by atoms with Crippen LogP contribution >= 0.6 is 0 Å². The Balaban J connectivity index is 2.25. The largest absolute Gasteiger partial charge is 0.317 e. The van der Waals surface area contributed by atoms with E-state index in [4.69, 9.17) is 0 Å². The van der Waals surface area contributed by atoms with E-state index in [1.807, 2.05) is 0 Å². The Bertz CT molecular complexity index is 344. The van der Waals surface area contributed by atoms with Crippen LogP contribution in [0.15, 0.2) is 0 Å². The number of nitrogens with one attached hydrogen (secondary N) is 2. The van der Waals surface area contributed by atoms with Gasteiger partial charge in [-0.05, 0) is 51.1 Å². The molecule has 1 aliphatic carbocycles. The van der Waals surface area contributed by atoms with Crippen LogP contribution in [0.4, 0.5) is 0 Å². The summed E-state index contributed by atoms with van der Waals surface area (Å²) in [5, 5.41) is 3.30. The maximum Gasteiger partial charge on any atom is 0.211 e. The molecule has 0 bridgehead atoms. The Morgan fingerprint density at radius 2 is 1.80 bits per heavy atom. The fourth-order valence-corrected chi connectivity index (χ4v) is 4.31. The average molecular weight is 305 g/mol. The number of unbranched alkanes of at least 4 members (excludes halogenated alkanes) is 1. The quantitative estimate of drug-likeness (QED) is 0.508. The van der Waals surface area contributed by atoms with Gasteiger partial charge in [-0.1, -0.05) is 33.1 Å². The molecule has 0 amide bonds. The Morgan fingerprint density at radius 1 is 1.05 bits per heavy atom. The summed E-state index contributed by atoms with van der Waals surface area (Å²) in [6.07, 6.45) is 8.58. The van der Waals surface area contributed by atoms with Crippen LogP contribution in [0.2, 0.25) is 0 Å². The summed E-state index contributed by atoms with van der Waals surface area (Å²) in [5.41, 5.74) is 0. The lowest BCUT2D eigenvalue weighted by atomic mass is 9.98. The van der Waals surface area contributed by atoms with Gasteiger partial charge in [0.15, 0.2) is 0 Å². The van der Waals surface area contributed by atoms with Crippen LogP contribution in [-0.4, -0.2) is 33.3 Å². The molecule has 1 rings (SSSR count). The molecule has 2 N–H and O–H groups in total. The number of hydrogen-bond acceptors (Lipinski definition) is 3. The van der Waals surface area contributed by atoms with Crippen molar-refractivity contribution in [3.05, 3.63) is 0 Å². The van der Waals surface area contributed by atoms with Crippen molar-refractivity contribution in [3.63, 3.8) is 0 Å². The van der Waals surface area contributed by atoms with Crippen LogP contribution in [0.3, 0.4) is 0 Å². The smallest absolute Gasteiger partial charge is 0.211 e. The molecule has 0 spiro atoms. The summed E-state index contributed by atoms with van der Waals surface area (Å²) in [5.74, 6) is 0.739. The standard InChI is InChI=1S/C15H32N2O2S/c1-3-11-16-12-7-8-13-20(18,19)17-15-10-6-4-5-9-14(15)2/h14-17H,3-13H2,1-2H3. The molecule has 1 fully saturated rings. The van der Waals surface area contributed by atoms with Gasteiger partial charge < -0.3 is 5.32 Å². The maximum absolute atomic E-state index is 12.1. The first-order chi connectivity index (χ1) is 9.55. The molecule has 0 aliphatic heterocycles. The van der Waals surface area contributed by atoms with Crippen molar-refractivity contribution in [3.8, 4) is 0 Å². The summed E-state index contributed by atoms with van der Waals surface area (Å²) < 4.78 is 27.2. The lowest BCUT2D eigenvalue weighted by Gasteiger charge is -2.22. The third kappa shape index (κ3) is 7.60. The highest BCUT2D eigenvalue weighted by atomic mass is 32.2. The molecule has 2 unspecified atom stereocenters. The van der Waals surface area contributed by atoms with Gasteiger partial charge in [-0.3, -0.25) is 0 Å². The van der Waals surface area contributed by atoms with E-state index in [-0.39, 0.29) is 11.8 Å². The third-order valence-electron chi connectivity index (χ3n) is 4.14. The minimum absolute atomic E-state index is 0.153. The summed E-state index contributed by atoms with van der Waals surface area (Å²) in [7, 11) is -3.10. The zero-order valence-corrected chi connectivity index (χ0v) is 14.0. The number of hydrogen-bond donors (Lipinski definition) is 2. The first-order valence-corrected chi connectivity index (χ1v) is 9.91. The molecular formula is C15H32N2O2S. The maximum atomic E-state index is 12.1. The van der Waals surface area contributed by atoms with Crippen LogP contribution in [0, 0.1) is 5.92 Å². The van der Waals surface area contributed by atoms with Gasteiger partial charge >= 0.3 is 0 Å². The molecule has 5 heteroatoms. The van der Waals surface area contributed by atoms with Crippen LogP contribution in [0.1, 0.15) is 65.2 Å². The predicted molar refractivity (Wildman–Crippen MR) is 85.4 cm³/mol. The molecule has 0 aromatic rings. The van der Waals surface area contributed by atoms with E-state index >= 15 is 0 Å².